The average molecular weight is 796 g/mol. The molecule has 55 heavy (non-hydrogen) atoms. The number of hydrogen-bond donors (Lipinski definition) is 1. The Morgan fingerprint density at radius 3 is 1.25 bits per heavy atom. The van der Waals surface area contributed by atoms with Gasteiger partial charge in [-0.1, -0.05) is 0 Å². The van der Waals surface area contributed by atoms with Crippen molar-refractivity contribution in [2.45, 2.75) is 25.6 Å². The molecule has 1 unspecified atom stereocenters. The molecule has 0 spiro atoms. The van der Waals surface area contributed by atoms with Gasteiger partial charge in [-0.2, -0.15) is 0 Å². The van der Waals surface area contributed by atoms with E-state index in [1.165, 1.54) is 12.1 Å². The molecule has 1 atom stereocenters. The molecule has 1 saturated heterocycles. The molecule has 0 radical (unpaired) electrons. The van der Waals surface area contributed by atoms with E-state index in [2.05, 4.69) is 5.32 Å². The van der Waals surface area contributed by atoms with Crippen LogP contribution in [-0.4, -0.2) is 181 Å². The summed E-state index contributed by atoms with van der Waals surface area (Å²) in [5.41, 5.74) is -0.529. The Kier molecular flexibility index (Phi) is 31.4. The van der Waals surface area contributed by atoms with Crippen molar-refractivity contribution in [3.05, 3.63) is 38.4 Å². The smallest absolute Gasteiger partial charge is 0.299 e. The van der Waals surface area contributed by atoms with E-state index in [1.807, 2.05) is 0 Å². The molecular weight excluding hydrogens is 734 g/mol. The van der Waals surface area contributed by atoms with Gasteiger partial charge in [0.15, 0.2) is 6.29 Å². The van der Waals surface area contributed by atoms with Gasteiger partial charge in [-0.15, -0.1) is 0 Å². The van der Waals surface area contributed by atoms with Gasteiger partial charge in [0.25, 0.3) is 11.4 Å². The van der Waals surface area contributed by atoms with Gasteiger partial charge in [-0.3, -0.25) is 20.2 Å². The zero-order valence-electron chi connectivity index (χ0n) is 31.9. The molecule has 1 fully saturated rings. The molecule has 1 aromatic carbocycles. The Morgan fingerprint density at radius 2 is 0.909 bits per heavy atom. The van der Waals surface area contributed by atoms with Crippen LogP contribution >= 0.6 is 0 Å². The van der Waals surface area contributed by atoms with Crippen molar-refractivity contribution in [3.63, 3.8) is 0 Å². The summed E-state index contributed by atoms with van der Waals surface area (Å²) in [4.78, 5) is 20.6. The maximum Gasteiger partial charge on any atom is 0.299 e. The first-order valence-corrected chi connectivity index (χ1v) is 18.8. The first-order valence-electron chi connectivity index (χ1n) is 18.8. The van der Waals surface area contributed by atoms with Gasteiger partial charge in [-0.25, -0.2) is 0 Å². The first-order chi connectivity index (χ1) is 27.1. The fourth-order valence-electron chi connectivity index (χ4n) is 4.57. The number of nitrogens with one attached hydrogen (secondary N) is 1. The summed E-state index contributed by atoms with van der Waals surface area (Å²) in [5, 5.41) is 24.8. The van der Waals surface area contributed by atoms with Gasteiger partial charge in [0, 0.05) is 19.2 Å². The van der Waals surface area contributed by atoms with E-state index in [0.717, 1.165) is 31.9 Å². The van der Waals surface area contributed by atoms with Crippen LogP contribution in [-0.2, 0) is 61.6 Å². The molecule has 0 amide bonds. The average Bonchev–Trinajstić information content (AvgIpc) is 3.19. The fraction of sp³-hybridized carbons (Fsp3) is 0.829. The normalized spacial score (nSPS) is 14.4. The van der Waals surface area contributed by atoms with E-state index in [1.54, 1.807) is 0 Å². The summed E-state index contributed by atoms with van der Waals surface area (Å²) in [6.07, 6.45) is 3.15. The number of nitrogens with zero attached hydrogens (tertiary/aromatic N) is 2. The predicted molar refractivity (Wildman–Crippen MR) is 197 cm³/mol. The third kappa shape index (κ3) is 28.4. The molecule has 1 aromatic rings. The molecule has 20 nitrogen and oxygen atoms in total. The van der Waals surface area contributed by atoms with Gasteiger partial charge < -0.3 is 66.9 Å². The summed E-state index contributed by atoms with van der Waals surface area (Å²) in [6, 6.07) is 3.43. The first kappa shape index (κ1) is 48.4. The van der Waals surface area contributed by atoms with Crippen LogP contribution in [0.5, 0.6) is 0 Å². The maximum absolute atomic E-state index is 11.2. The van der Waals surface area contributed by atoms with Crippen LogP contribution in [0.15, 0.2) is 18.2 Å². The maximum atomic E-state index is 11.2. The highest BCUT2D eigenvalue weighted by atomic mass is 16.7. The van der Waals surface area contributed by atoms with E-state index in [0.29, 0.717) is 145 Å². The van der Waals surface area contributed by atoms with Crippen LogP contribution < -0.4 is 5.32 Å². The molecule has 1 aliphatic heterocycles. The van der Waals surface area contributed by atoms with E-state index in [4.69, 9.17) is 61.6 Å². The number of ether oxygens (including phenoxy) is 13. The van der Waals surface area contributed by atoms with E-state index in [-0.39, 0.29) is 36.5 Å². The van der Waals surface area contributed by atoms with E-state index in [9.17, 15) is 20.2 Å². The zero-order chi connectivity index (χ0) is 39.3. The summed E-state index contributed by atoms with van der Waals surface area (Å²) < 4.78 is 71.2. The van der Waals surface area contributed by atoms with Crippen LogP contribution in [0.25, 0.3) is 0 Å². The van der Waals surface area contributed by atoms with Crippen LogP contribution in [0, 0.1) is 20.2 Å². The van der Waals surface area contributed by atoms with Gasteiger partial charge >= 0.3 is 0 Å². The van der Waals surface area contributed by atoms with Gasteiger partial charge in [0.1, 0.15) is 5.69 Å². The molecule has 0 saturated carbocycles. The number of hydrogen-bond acceptors (Lipinski definition) is 18. The van der Waals surface area contributed by atoms with Gasteiger partial charge in [-0.05, 0) is 25.3 Å². The highest BCUT2D eigenvalue weighted by Gasteiger charge is 2.19. The SMILES string of the molecule is O=[N+]([O-])c1ccc(NCCOCCOCCOCCOCCOCCOCCOCCOCCOCCOCCOCCOC2CCCCO2)c([N+](=O)[O-])c1. The number of benzene rings is 1. The monoisotopic (exact) mass is 795 g/mol. The summed E-state index contributed by atoms with van der Waals surface area (Å²) >= 11 is 0. The Hall–Kier alpha value is -2.70. The van der Waals surface area contributed by atoms with Gasteiger partial charge in [0.05, 0.1) is 168 Å². The second-order valence-corrected chi connectivity index (χ2v) is 11.5. The highest BCUT2D eigenvalue weighted by Crippen LogP contribution is 2.28. The van der Waals surface area contributed by atoms with Crippen molar-refractivity contribution < 1.29 is 71.4 Å². The molecule has 1 aliphatic rings. The van der Waals surface area contributed by atoms with Crippen LogP contribution in [0.4, 0.5) is 17.1 Å². The molecular formula is C35H61N3O17. The molecule has 1 heterocycles. The lowest BCUT2D eigenvalue weighted by atomic mass is 10.2. The van der Waals surface area contributed by atoms with Crippen molar-refractivity contribution in [1.82, 2.24) is 0 Å². The van der Waals surface area contributed by atoms with Crippen molar-refractivity contribution >= 4 is 17.1 Å². The molecule has 0 aromatic heterocycles. The Labute approximate surface area is 322 Å². The topological polar surface area (TPSA) is 218 Å². The lowest BCUT2D eigenvalue weighted by Gasteiger charge is -2.22. The Bertz CT molecular complexity index is 1070. The zero-order valence-corrected chi connectivity index (χ0v) is 31.9. The summed E-state index contributed by atoms with van der Waals surface area (Å²) in [6.45, 7) is 11.6. The molecule has 318 valence electrons. The minimum Gasteiger partial charge on any atom is -0.377 e. The second-order valence-electron chi connectivity index (χ2n) is 11.5. The molecule has 0 aliphatic carbocycles. The fourth-order valence-corrected chi connectivity index (χ4v) is 4.57. The van der Waals surface area contributed by atoms with Crippen molar-refractivity contribution in [1.29, 1.82) is 0 Å². The van der Waals surface area contributed by atoms with E-state index < -0.39 is 9.85 Å². The van der Waals surface area contributed by atoms with E-state index >= 15 is 0 Å². The van der Waals surface area contributed by atoms with Crippen LogP contribution in [0.1, 0.15) is 19.3 Å². The molecule has 20 heteroatoms. The minimum absolute atomic E-state index is 0.0788. The third-order valence-electron chi connectivity index (χ3n) is 7.34. The number of rotatable bonds is 40. The van der Waals surface area contributed by atoms with Crippen LogP contribution in [0.2, 0.25) is 0 Å². The second kappa shape index (κ2) is 35.7. The standard InChI is InChI=1S/C35H61N3O17/c39-37(40)32-4-5-33(34(31-32)38(41)42)36-6-8-43-9-10-44-11-12-45-13-14-46-15-16-47-17-18-48-19-20-49-21-22-50-23-24-51-25-26-52-27-28-53-29-30-55-35-3-1-2-7-54-35/h4-5,31,35-36H,1-3,6-30H2. The van der Waals surface area contributed by atoms with Gasteiger partial charge in [0.2, 0.25) is 0 Å². The highest BCUT2D eigenvalue weighted by molar-refractivity contribution is 5.65. The Morgan fingerprint density at radius 1 is 0.527 bits per heavy atom. The van der Waals surface area contributed by atoms with Crippen molar-refractivity contribution in [2.75, 3.05) is 170 Å². The molecule has 1 N–H and O–H groups in total. The lowest BCUT2D eigenvalue weighted by molar-refractivity contribution is -0.393. The molecule has 2 rings (SSSR count). The van der Waals surface area contributed by atoms with Crippen molar-refractivity contribution in [2.24, 2.45) is 0 Å². The number of nitro groups is 2. The summed E-state index contributed by atoms with van der Waals surface area (Å²) in [5.74, 6) is 0. The number of non-ortho nitro benzene ring substituents is 1. The van der Waals surface area contributed by atoms with Crippen LogP contribution in [0.3, 0.4) is 0 Å². The molecule has 0 bridgehead atoms. The Balaban J connectivity index is 1.17. The largest absolute Gasteiger partial charge is 0.377 e. The number of nitro benzene ring substituents is 2. The lowest BCUT2D eigenvalue weighted by Crippen LogP contribution is -2.24. The summed E-state index contributed by atoms with van der Waals surface area (Å²) in [7, 11) is 0. The predicted octanol–water partition coefficient (Wildman–Crippen LogP) is 2.64. The number of anilines is 1. The van der Waals surface area contributed by atoms with Crippen molar-refractivity contribution in [3.8, 4) is 0 Å². The quantitative estimate of drug-likeness (QED) is 0.0573. The minimum atomic E-state index is -0.681. The third-order valence-corrected chi connectivity index (χ3v) is 7.34.